The van der Waals surface area contributed by atoms with E-state index in [1.54, 1.807) is 12.1 Å². The van der Waals surface area contributed by atoms with Crippen LogP contribution >= 0.6 is 0 Å². The van der Waals surface area contributed by atoms with Crippen molar-refractivity contribution in [3.63, 3.8) is 0 Å². The van der Waals surface area contributed by atoms with Gasteiger partial charge in [0.05, 0.1) is 0 Å². The normalized spacial score (nSPS) is 10.2. The predicted molar refractivity (Wildman–Crippen MR) is 290 cm³/mol. The molecule has 8 aromatic carbocycles. The summed E-state index contributed by atoms with van der Waals surface area (Å²) in [6.07, 6.45) is 0. The summed E-state index contributed by atoms with van der Waals surface area (Å²) in [6.45, 7) is 0. The fourth-order valence-electron chi connectivity index (χ4n) is 7.32. The summed E-state index contributed by atoms with van der Waals surface area (Å²) in [7, 11) is 0. The molecule has 1 aliphatic rings. The molecule has 67 heavy (non-hydrogen) atoms. The molecular weight excluding hydrogens is 1170 g/mol. The minimum atomic E-state index is -0.138. The third-order valence-corrected chi connectivity index (χ3v) is 9.99. The zero-order valence-corrected chi connectivity index (χ0v) is 82.9. The number of rotatable bonds is 8. The van der Waals surface area contributed by atoms with Crippen molar-refractivity contribution in [2.75, 3.05) is 9.80 Å². The molecular formula is C50H35K13N2O2. The molecule has 1 aliphatic carbocycles. The summed E-state index contributed by atoms with van der Waals surface area (Å²) in [5, 5.41) is 0. The number of ketones is 2. The maximum atomic E-state index is 14.0. The molecule has 0 aliphatic heterocycles. The van der Waals surface area contributed by atoms with Gasteiger partial charge in [-0.05, 0) is 119 Å². The van der Waals surface area contributed by atoms with E-state index < -0.39 is 0 Å². The van der Waals surface area contributed by atoms with Crippen LogP contribution in [0.2, 0.25) is 0 Å². The number of carbonyl (C=O) groups is 2. The minimum absolute atomic E-state index is 0. The number of para-hydroxylation sites is 4. The first-order chi connectivity index (χ1) is 32.6. The summed E-state index contributed by atoms with van der Waals surface area (Å²) in [6, 6.07) is 68.9. The van der Waals surface area contributed by atoms with E-state index in [9.17, 15) is 9.59 Å². The van der Waals surface area contributed by atoms with E-state index in [2.05, 4.69) is 107 Å². The Morgan fingerprint density at radius 1 is 0.254 bits per heavy atom. The third kappa shape index (κ3) is 24.8. The molecule has 0 saturated carbocycles. The molecule has 0 fully saturated rings. The van der Waals surface area contributed by atoms with Crippen LogP contribution in [0.3, 0.4) is 0 Å². The van der Waals surface area contributed by atoms with Gasteiger partial charge in [-0.25, -0.2) is 0 Å². The van der Waals surface area contributed by atoms with Crippen LogP contribution in [0.25, 0.3) is 22.3 Å². The van der Waals surface area contributed by atoms with Crippen LogP contribution in [0.5, 0.6) is 0 Å². The summed E-state index contributed by atoms with van der Waals surface area (Å²) in [5.41, 5.74) is 11.7. The molecule has 0 radical (unpaired) electrons. The Balaban J connectivity index is 0.00000154. The van der Waals surface area contributed by atoms with Gasteiger partial charge in [-0.15, -0.1) is 0 Å². The Kier molecular flexibility index (Phi) is 55.2. The molecule has 4 nitrogen and oxygen atoms in total. The second-order valence-electron chi connectivity index (χ2n) is 13.3. The first-order valence-electron chi connectivity index (χ1n) is 24.0. The van der Waals surface area contributed by atoms with Crippen molar-refractivity contribution in [3.05, 3.63) is 229 Å². The molecule has 0 amide bonds. The number of hydrogen-bond acceptors (Lipinski definition) is 4. The summed E-state index contributed by atoms with van der Waals surface area (Å²) in [4.78, 5) is 32.4. The van der Waals surface area contributed by atoms with E-state index in [1.807, 2.05) is 97.1 Å². The third-order valence-electron chi connectivity index (χ3n) is 9.99. The molecule has 0 spiro atoms. The molecule has 0 saturated heterocycles. The van der Waals surface area contributed by atoms with Crippen LogP contribution in [-0.4, -0.2) is 390 Å². The van der Waals surface area contributed by atoms with Gasteiger partial charge in [-0.3, -0.25) is 9.59 Å². The molecule has 0 atom stereocenters. The van der Waals surface area contributed by atoms with Crippen molar-refractivity contribution in [1.29, 1.82) is 0 Å². The number of nitrogens with zero attached hydrogens (tertiary/aromatic N) is 2. The van der Waals surface area contributed by atoms with Gasteiger partial charge < -0.3 is 11.2 Å². The fourth-order valence-corrected chi connectivity index (χ4v) is 7.32. The van der Waals surface area contributed by atoms with Crippen molar-refractivity contribution in [3.8, 4) is 22.3 Å². The number of benzene rings is 8. The molecule has 270 valence electrons. The van der Waals surface area contributed by atoms with Crippen molar-refractivity contribution in [2.24, 2.45) is 0 Å². The molecule has 17 heteroatoms. The quantitative estimate of drug-likeness (QED) is 0.195. The van der Waals surface area contributed by atoms with E-state index in [-0.39, 0.29) is 64.4 Å². The molecule has 0 unspecified atom stereocenters. The summed E-state index contributed by atoms with van der Waals surface area (Å²) in [5.74, 6) is -0.277. The SMILES string of the molecule is O=C1c2ccc(-c3ccc(N(c4ccccc4)c4ccccc4)cc3)cc2C(=O)c2ccc(-c3ccc(N(c4ccccc4)c4ccccc4)cc3)cc21.[H-].[K+].[K][K].[K][K].[K][K].[K][K].[K][K].[K][K]. The van der Waals surface area contributed by atoms with Gasteiger partial charge >= 0.3 is 430 Å². The number of carbonyl (C=O) groups excluding carboxylic acids is 2. The average molecular weight is 1200 g/mol. The number of anilines is 6. The van der Waals surface area contributed by atoms with Gasteiger partial charge in [0, 0.05) is 56.4 Å². The molecule has 9 rings (SSSR count). The van der Waals surface area contributed by atoms with Gasteiger partial charge in [0.25, 0.3) is 0 Å². The van der Waals surface area contributed by atoms with E-state index >= 15 is 0 Å². The van der Waals surface area contributed by atoms with Gasteiger partial charge in [-0.1, -0.05) is 109 Å². The summed E-state index contributed by atoms with van der Waals surface area (Å²) >= 11 is 15.0. The Bertz CT molecular complexity index is 2390. The van der Waals surface area contributed by atoms with Crippen LogP contribution in [0.15, 0.2) is 206 Å². The first-order valence-corrected chi connectivity index (χ1v) is 120. The first kappa shape index (κ1) is 77.1. The maximum absolute atomic E-state index is 14.0. The van der Waals surface area contributed by atoms with E-state index in [0.717, 1.165) is 56.4 Å². The van der Waals surface area contributed by atoms with Crippen molar-refractivity contribution < 1.29 is 62.4 Å². The van der Waals surface area contributed by atoms with Gasteiger partial charge in [0.2, 0.25) is 0 Å². The van der Waals surface area contributed by atoms with Crippen LogP contribution in [0, 0.1) is 0 Å². The van der Waals surface area contributed by atoms with Gasteiger partial charge in [0.1, 0.15) is 0 Å². The number of fused-ring (bicyclic) bond motifs is 2. The molecule has 0 heterocycles. The van der Waals surface area contributed by atoms with Crippen molar-refractivity contribution in [1.82, 2.24) is 0 Å². The van der Waals surface area contributed by atoms with Crippen LogP contribution in [-0.2, 0) is 0 Å². The molecule has 0 N–H and O–H groups in total. The van der Waals surface area contributed by atoms with Crippen LogP contribution in [0.4, 0.5) is 34.1 Å². The molecule has 0 aromatic heterocycles. The zero-order valence-electron chi connectivity index (χ0n) is 43.3. The van der Waals surface area contributed by atoms with E-state index in [4.69, 9.17) is 0 Å². The standard InChI is InChI=1S/C50H34N2O2.13K.H/c53-49-46-32-26-38(36-23-29-44(30-24-36)52(41-17-9-3-10-18-41)42-19-11-4-12-20-42)34-48(46)50(54)45-31-25-37(33-47(45)49)35-21-27-43(28-22-35)51(39-13-5-1-6-14-39)40-15-7-2-8-16-40;;;;;;;;;;;;;;/h1-34H;;;;;;;;;;;;;;/q;;;;;;;;;;;;;+1;-1. The van der Waals surface area contributed by atoms with Gasteiger partial charge in [0.15, 0.2) is 11.6 Å². The van der Waals surface area contributed by atoms with Crippen molar-refractivity contribution >= 4 is 425 Å². The number of hydrogen-bond donors (Lipinski definition) is 0. The van der Waals surface area contributed by atoms with E-state index in [1.165, 1.54) is 379 Å². The molecule has 8 aromatic rings. The zero-order chi connectivity index (χ0) is 48.4. The Hall–Kier alpha value is 14.0. The monoisotopic (exact) mass is 1200 g/mol. The van der Waals surface area contributed by atoms with Crippen LogP contribution in [0.1, 0.15) is 33.3 Å². The second-order valence-corrected chi connectivity index (χ2v) is 13.3. The van der Waals surface area contributed by atoms with Crippen LogP contribution < -0.4 is 61.2 Å². The predicted octanol–water partition coefficient (Wildman–Crippen LogP) is 5.28. The Morgan fingerprint density at radius 3 is 0.701 bits per heavy atom. The molecule has 0 bridgehead atoms. The van der Waals surface area contributed by atoms with E-state index in [0.29, 0.717) is 22.3 Å². The second kappa shape index (κ2) is 48.0. The fraction of sp³-hybridized carbons (Fsp3) is 0. The average Bonchev–Trinajstić information content (AvgIpc) is 3.43. The Labute approximate surface area is 714 Å². The topological polar surface area (TPSA) is 40.6 Å². The summed E-state index contributed by atoms with van der Waals surface area (Å²) < 4.78 is 0. The van der Waals surface area contributed by atoms with Gasteiger partial charge in [-0.2, -0.15) is 0 Å². The van der Waals surface area contributed by atoms with Crippen molar-refractivity contribution in [2.45, 2.75) is 0 Å². The Morgan fingerprint density at radius 2 is 0.463 bits per heavy atom.